The fraction of sp³-hybridized carbons (Fsp3) is 0.188. The highest BCUT2D eigenvalue weighted by atomic mass is 35.5. The molecule has 1 amide bonds. The summed E-state index contributed by atoms with van der Waals surface area (Å²) in [5, 5.41) is 3.49. The van der Waals surface area contributed by atoms with Gasteiger partial charge in [-0.05, 0) is 36.8 Å². The number of anilines is 1. The number of pyridine rings is 1. The molecule has 0 aliphatic carbocycles. The van der Waals surface area contributed by atoms with Crippen molar-refractivity contribution < 1.29 is 4.79 Å². The number of hydrogen-bond acceptors (Lipinski definition) is 3. The maximum Gasteiger partial charge on any atom is 0.231 e. The van der Waals surface area contributed by atoms with E-state index in [1.807, 2.05) is 35.8 Å². The van der Waals surface area contributed by atoms with E-state index in [0.29, 0.717) is 17.5 Å². The van der Waals surface area contributed by atoms with Crippen molar-refractivity contribution in [2.75, 3.05) is 5.32 Å². The summed E-state index contributed by atoms with van der Waals surface area (Å²) in [6.07, 6.45) is 3.63. The van der Waals surface area contributed by atoms with Gasteiger partial charge in [0.15, 0.2) is 0 Å². The molecule has 0 atom stereocenters. The third kappa shape index (κ3) is 2.94. The van der Waals surface area contributed by atoms with Crippen molar-refractivity contribution in [1.82, 2.24) is 14.5 Å². The maximum absolute atomic E-state index is 12.2. The standard InChI is InChI=1S/C16H15ClN4O/c1-2-21-14-6-5-12(17)9-13(14)19-16(21)20-15(22)8-11-4-3-7-18-10-11/h3-7,9-10H,2,8H2,1H3,(H,19,20,22). The summed E-state index contributed by atoms with van der Waals surface area (Å²) in [6, 6.07) is 9.20. The van der Waals surface area contributed by atoms with Crippen LogP contribution in [0.3, 0.4) is 0 Å². The van der Waals surface area contributed by atoms with Gasteiger partial charge >= 0.3 is 0 Å². The van der Waals surface area contributed by atoms with Crippen LogP contribution in [0.5, 0.6) is 0 Å². The second-order valence-corrected chi connectivity index (χ2v) is 5.34. The minimum atomic E-state index is -0.121. The molecular weight excluding hydrogens is 300 g/mol. The number of nitrogens with one attached hydrogen (secondary N) is 1. The van der Waals surface area contributed by atoms with Gasteiger partial charge in [-0.25, -0.2) is 4.98 Å². The second kappa shape index (κ2) is 6.15. The number of nitrogens with zero attached hydrogens (tertiary/aromatic N) is 3. The SMILES string of the molecule is CCn1c(NC(=O)Cc2cccnc2)nc2cc(Cl)ccc21. The summed E-state index contributed by atoms with van der Waals surface area (Å²) < 4.78 is 1.95. The van der Waals surface area contributed by atoms with Crippen molar-refractivity contribution >= 4 is 34.5 Å². The second-order valence-electron chi connectivity index (χ2n) is 4.90. The number of aromatic nitrogens is 3. The van der Waals surface area contributed by atoms with Crippen LogP contribution < -0.4 is 5.32 Å². The van der Waals surface area contributed by atoms with Crippen molar-refractivity contribution in [3.8, 4) is 0 Å². The predicted octanol–water partition coefficient (Wildman–Crippen LogP) is 3.29. The van der Waals surface area contributed by atoms with Gasteiger partial charge in [-0.2, -0.15) is 0 Å². The highest BCUT2D eigenvalue weighted by Crippen LogP contribution is 2.23. The maximum atomic E-state index is 12.2. The number of carbonyl (C=O) groups excluding carboxylic acids is 1. The zero-order valence-corrected chi connectivity index (χ0v) is 12.8. The molecule has 0 spiro atoms. The minimum absolute atomic E-state index is 0.121. The summed E-state index contributed by atoms with van der Waals surface area (Å²) in [5.74, 6) is 0.415. The monoisotopic (exact) mass is 314 g/mol. The van der Waals surface area contributed by atoms with Gasteiger partial charge in [0.25, 0.3) is 0 Å². The topological polar surface area (TPSA) is 59.8 Å². The van der Waals surface area contributed by atoms with Crippen LogP contribution in [-0.2, 0) is 17.8 Å². The number of hydrogen-bond donors (Lipinski definition) is 1. The highest BCUT2D eigenvalue weighted by molar-refractivity contribution is 6.31. The van der Waals surface area contributed by atoms with E-state index in [4.69, 9.17) is 11.6 Å². The third-order valence-electron chi connectivity index (χ3n) is 3.37. The normalized spacial score (nSPS) is 10.8. The fourth-order valence-corrected chi connectivity index (χ4v) is 2.54. The average Bonchev–Trinajstić information content (AvgIpc) is 2.84. The smallest absolute Gasteiger partial charge is 0.231 e. The first-order valence-corrected chi connectivity index (χ1v) is 7.39. The van der Waals surface area contributed by atoms with Gasteiger partial charge in [0.2, 0.25) is 11.9 Å². The fourth-order valence-electron chi connectivity index (χ4n) is 2.38. The summed E-state index contributed by atoms with van der Waals surface area (Å²) in [6.45, 7) is 2.72. The zero-order valence-electron chi connectivity index (χ0n) is 12.1. The molecule has 1 aromatic carbocycles. The molecule has 0 bridgehead atoms. The molecule has 0 aliphatic heterocycles. The number of carbonyl (C=O) groups is 1. The minimum Gasteiger partial charge on any atom is -0.310 e. The van der Waals surface area contributed by atoms with Crippen molar-refractivity contribution in [3.63, 3.8) is 0 Å². The zero-order chi connectivity index (χ0) is 15.5. The molecule has 0 fully saturated rings. The molecule has 3 aromatic rings. The number of aryl methyl sites for hydroxylation is 1. The Bertz CT molecular complexity index is 814. The number of imidazole rings is 1. The van der Waals surface area contributed by atoms with E-state index in [0.717, 1.165) is 16.6 Å². The number of benzene rings is 1. The van der Waals surface area contributed by atoms with Gasteiger partial charge in [0.1, 0.15) is 0 Å². The van der Waals surface area contributed by atoms with Crippen LogP contribution >= 0.6 is 11.6 Å². The lowest BCUT2D eigenvalue weighted by Crippen LogP contribution is -2.17. The summed E-state index contributed by atoms with van der Waals surface area (Å²) in [7, 11) is 0. The Labute approximate surface area is 133 Å². The van der Waals surface area contributed by atoms with Crippen molar-refractivity contribution in [1.29, 1.82) is 0 Å². The Kier molecular flexibility index (Phi) is 4.06. The summed E-state index contributed by atoms with van der Waals surface area (Å²) >= 11 is 5.99. The first kappa shape index (κ1) is 14.5. The van der Waals surface area contributed by atoms with Crippen molar-refractivity contribution in [3.05, 3.63) is 53.3 Å². The first-order valence-electron chi connectivity index (χ1n) is 7.02. The molecule has 0 radical (unpaired) electrons. The predicted molar refractivity (Wildman–Crippen MR) is 87.0 cm³/mol. The molecule has 1 N–H and O–H groups in total. The Balaban J connectivity index is 1.85. The van der Waals surface area contributed by atoms with Crippen LogP contribution in [0.4, 0.5) is 5.95 Å². The molecular formula is C16H15ClN4O. The molecule has 0 saturated heterocycles. The molecule has 2 heterocycles. The molecule has 0 aliphatic rings. The Morgan fingerprint density at radius 1 is 1.36 bits per heavy atom. The van der Waals surface area contributed by atoms with Crippen LogP contribution in [0.1, 0.15) is 12.5 Å². The van der Waals surface area contributed by atoms with Crippen LogP contribution in [-0.4, -0.2) is 20.4 Å². The van der Waals surface area contributed by atoms with Gasteiger partial charge in [-0.15, -0.1) is 0 Å². The Morgan fingerprint density at radius 2 is 2.23 bits per heavy atom. The third-order valence-corrected chi connectivity index (χ3v) is 3.60. The molecule has 2 aromatic heterocycles. The van der Waals surface area contributed by atoms with Gasteiger partial charge < -0.3 is 4.57 Å². The summed E-state index contributed by atoms with van der Waals surface area (Å²) in [5.41, 5.74) is 2.58. The van der Waals surface area contributed by atoms with Crippen molar-refractivity contribution in [2.45, 2.75) is 19.9 Å². The van der Waals surface area contributed by atoms with Crippen molar-refractivity contribution in [2.24, 2.45) is 0 Å². The molecule has 0 saturated carbocycles. The van der Waals surface area contributed by atoms with Crippen LogP contribution in [0.25, 0.3) is 11.0 Å². The highest BCUT2D eigenvalue weighted by Gasteiger charge is 2.13. The van der Waals surface area contributed by atoms with Gasteiger partial charge in [-0.1, -0.05) is 17.7 Å². The van der Waals surface area contributed by atoms with E-state index in [9.17, 15) is 4.79 Å². The largest absolute Gasteiger partial charge is 0.310 e. The van der Waals surface area contributed by atoms with E-state index < -0.39 is 0 Å². The number of amides is 1. The molecule has 3 rings (SSSR count). The molecule has 0 unspecified atom stereocenters. The average molecular weight is 315 g/mol. The van der Waals surface area contributed by atoms with Crippen LogP contribution in [0, 0.1) is 0 Å². The van der Waals surface area contributed by atoms with E-state index in [-0.39, 0.29) is 12.3 Å². The van der Waals surface area contributed by atoms with Gasteiger partial charge in [0, 0.05) is 24.0 Å². The van der Waals surface area contributed by atoms with E-state index in [1.54, 1.807) is 18.5 Å². The molecule has 5 nitrogen and oxygen atoms in total. The van der Waals surface area contributed by atoms with E-state index in [2.05, 4.69) is 15.3 Å². The Hall–Kier alpha value is -2.40. The molecule has 6 heteroatoms. The lowest BCUT2D eigenvalue weighted by molar-refractivity contribution is -0.115. The van der Waals surface area contributed by atoms with E-state index in [1.165, 1.54) is 0 Å². The molecule has 112 valence electrons. The number of rotatable bonds is 4. The number of fused-ring (bicyclic) bond motifs is 1. The lowest BCUT2D eigenvalue weighted by Gasteiger charge is -2.07. The first-order chi connectivity index (χ1) is 10.7. The van der Waals surface area contributed by atoms with E-state index >= 15 is 0 Å². The van der Waals surface area contributed by atoms with Gasteiger partial charge in [-0.3, -0.25) is 15.1 Å². The molecule has 22 heavy (non-hydrogen) atoms. The summed E-state index contributed by atoms with van der Waals surface area (Å²) in [4.78, 5) is 20.6. The van der Waals surface area contributed by atoms with Crippen LogP contribution in [0.2, 0.25) is 5.02 Å². The van der Waals surface area contributed by atoms with Crippen LogP contribution in [0.15, 0.2) is 42.7 Å². The van der Waals surface area contributed by atoms with Gasteiger partial charge in [0.05, 0.1) is 17.5 Å². The number of halogens is 1. The quantitative estimate of drug-likeness (QED) is 0.804. The lowest BCUT2D eigenvalue weighted by atomic mass is 10.2. The Morgan fingerprint density at radius 3 is 2.95 bits per heavy atom.